The van der Waals surface area contributed by atoms with Crippen molar-refractivity contribution >= 4 is 17.5 Å². The van der Waals surface area contributed by atoms with Crippen LogP contribution in [0.2, 0.25) is 0 Å². The van der Waals surface area contributed by atoms with Gasteiger partial charge in [0.05, 0.1) is 0 Å². The molecule has 96 valence electrons. The van der Waals surface area contributed by atoms with Crippen molar-refractivity contribution in [3.63, 3.8) is 0 Å². The van der Waals surface area contributed by atoms with E-state index in [1.54, 1.807) is 0 Å². The Morgan fingerprint density at radius 1 is 1.22 bits per heavy atom. The van der Waals surface area contributed by atoms with Crippen LogP contribution in [0.1, 0.15) is 39.0 Å². The van der Waals surface area contributed by atoms with Crippen LogP contribution in [-0.2, 0) is 4.79 Å². The van der Waals surface area contributed by atoms with Gasteiger partial charge in [0.1, 0.15) is 5.78 Å². The Kier molecular flexibility index (Phi) is 3.23. The molecule has 1 aromatic carbocycles. The Balaban J connectivity index is 1.71. The van der Waals surface area contributed by atoms with Gasteiger partial charge in [0.15, 0.2) is 0 Å². The minimum atomic E-state index is 0.126. The largest absolute Gasteiger partial charge is 0.299 e. The zero-order valence-corrected chi connectivity index (χ0v) is 11.7. The molecule has 0 heterocycles. The van der Waals surface area contributed by atoms with E-state index in [2.05, 4.69) is 31.2 Å². The maximum atomic E-state index is 12.1. The Morgan fingerprint density at radius 3 is 2.44 bits per heavy atom. The molecule has 0 aromatic heterocycles. The highest BCUT2D eigenvalue weighted by atomic mass is 32.2. The summed E-state index contributed by atoms with van der Waals surface area (Å²) in [4.78, 5) is 13.4. The first-order chi connectivity index (χ1) is 8.67. The molecule has 3 rings (SSSR count). The van der Waals surface area contributed by atoms with Crippen molar-refractivity contribution in [2.75, 3.05) is 0 Å². The van der Waals surface area contributed by atoms with Crippen LogP contribution in [0.15, 0.2) is 35.2 Å². The second kappa shape index (κ2) is 4.73. The van der Waals surface area contributed by atoms with Crippen LogP contribution < -0.4 is 0 Å². The fourth-order valence-corrected chi connectivity index (χ4v) is 4.06. The van der Waals surface area contributed by atoms with E-state index in [9.17, 15) is 4.79 Å². The summed E-state index contributed by atoms with van der Waals surface area (Å²) in [5.74, 6) is 1.65. The number of Topliss-reactive ketones (excluding diaryl/α,β-unsaturated/α-hetero) is 1. The van der Waals surface area contributed by atoms with Crippen molar-refractivity contribution in [2.45, 2.75) is 48.7 Å². The Hall–Kier alpha value is -0.760. The molecule has 0 saturated heterocycles. The van der Waals surface area contributed by atoms with Crippen LogP contribution >= 0.6 is 11.8 Å². The molecule has 0 spiro atoms. The molecule has 1 aromatic rings. The van der Waals surface area contributed by atoms with Crippen LogP contribution in [-0.4, -0.2) is 10.5 Å². The average Bonchev–Trinajstić information content (AvgIpc) is 3.18. The molecule has 0 N–H and O–H groups in total. The van der Waals surface area contributed by atoms with Gasteiger partial charge in [-0.05, 0) is 50.7 Å². The highest BCUT2D eigenvalue weighted by molar-refractivity contribution is 8.00. The predicted molar refractivity (Wildman–Crippen MR) is 75.8 cm³/mol. The first kappa shape index (κ1) is 12.3. The predicted octanol–water partition coefficient (Wildman–Crippen LogP) is 4.32. The summed E-state index contributed by atoms with van der Waals surface area (Å²) in [6.07, 6.45) is 5.63. The van der Waals surface area contributed by atoms with Crippen molar-refractivity contribution in [1.82, 2.24) is 0 Å². The van der Waals surface area contributed by atoms with E-state index in [0.717, 1.165) is 25.2 Å². The standard InChI is InChI=1S/C16H20OS/c1-16(13-9-10-13,11-15(17)12-7-8-12)18-14-5-3-2-4-6-14/h2-6,12-13H,7-11H2,1H3/t16-/m0/s1. The molecule has 18 heavy (non-hydrogen) atoms. The fourth-order valence-electron chi connectivity index (χ4n) is 2.61. The number of carbonyl (C=O) groups is 1. The van der Waals surface area contributed by atoms with E-state index >= 15 is 0 Å². The highest BCUT2D eigenvalue weighted by Gasteiger charge is 2.45. The zero-order chi connectivity index (χ0) is 12.6. The molecule has 0 aliphatic heterocycles. The molecular weight excluding hydrogens is 240 g/mol. The lowest BCUT2D eigenvalue weighted by atomic mass is 9.96. The first-order valence-electron chi connectivity index (χ1n) is 6.94. The normalized spacial score (nSPS) is 22.5. The van der Waals surface area contributed by atoms with Gasteiger partial charge in [0, 0.05) is 22.0 Å². The fraction of sp³-hybridized carbons (Fsp3) is 0.562. The molecule has 2 fully saturated rings. The monoisotopic (exact) mass is 260 g/mol. The number of rotatable bonds is 6. The third-order valence-electron chi connectivity index (χ3n) is 4.09. The summed E-state index contributed by atoms with van der Waals surface area (Å²) in [6, 6.07) is 10.5. The first-order valence-corrected chi connectivity index (χ1v) is 7.76. The van der Waals surface area contributed by atoms with Crippen molar-refractivity contribution < 1.29 is 4.79 Å². The number of thioether (sulfide) groups is 1. The van der Waals surface area contributed by atoms with Gasteiger partial charge in [0.25, 0.3) is 0 Å². The molecule has 0 radical (unpaired) electrons. The molecule has 2 saturated carbocycles. The van der Waals surface area contributed by atoms with Crippen LogP contribution in [0.5, 0.6) is 0 Å². The van der Waals surface area contributed by atoms with Gasteiger partial charge in [-0.2, -0.15) is 0 Å². The number of carbonyl (C=O) groups excluding carboxylic acids is 1. The summed E-state index contributed by atoms with van der Waals surface area (Å²) in [5, 5.41) is 0. The van der Waals surface area contributed by atoms with Crippen molar-refractivity contribution in [3.8, 4) is 0 Å². The molecule has 2 aliphatic rings. The second-order valence-electron chi connectivity index (χ2n) is 5.92. The minimum Gasteiger partial charge on any atom is -0.299 e. The molecule has 0 bridgehead atoms. The van der Waals surface area contributed by atoms with Gasteiger partial charge >= 0.3 is 0 Å². The van der Waals surface area contributed by atoms with Gasteiger partial charge in [-0.3, -0.25) is 4.79 Å². The summed E-state index contributed by atoms with van der Waals surface area (Å²) in [5.41, 5.74) is 0. The van der Waals surface area contributed by atoms with E-state index in [1.165, 1.54) is 17.7 Å². The summed E-state index contributed by atoms with van der Waals surface area (Å²) in [7, 11) is 0. The lowest BCUT2D eigenvalue weighted by Crippen LogP contribution is -2.27. The molecule has 1 nitrogen and oxygen atoms in total. The number of hydrogen-bond donors (Lipinski definition) is 0. The molecule has 1 atom stereocenters. The van der Waals surface area contributed by atoms with Gasteiger partial charge in [0.2, 0.25) is 0 Å². The maximum absolute atomic E-state index is 12.1. The molecule has 2 aliphatic carbocycles. The van der Waals surface area contributed by atoms with Crippen molar-refractivity contribution in [1.29, 1.82) is 0 Å². The van der Waals surface area contributed by atoms with E-state index < -0.39 is 0 Å². The van der Waals surface area contributed by atoms with Gasteiger partial charge in [-0.25, -0.2) is 0 Å². The zero-order valence-electron chi connectivity index (χ0n) is 10.9. The Bertz CT molecular complexity index is 434. The lowest BCUT2D eigenvalue weighted by Gasteiger charge is -2.28. The topological polar surface area (TPSA) is 17.1 Å². The summed E-state index contributed by atoms with van der Waals surface area (Å²) >= 11 is 1.91. The Morgan fingerprint density at radius 2 is 1.89 bits per heavy atom. The van der Waals surface area contributed by atoms with Crippen LogP contribution in [0, 0.1) is 11.8 Å². The average molecular weight is 260 g/mol. The Labute approximate surface area is 113 Å². The van der Waals surface area contributed by atoms with Gasteiger partial charge in [-0.1, -0.05) is 18.2 Å². The molecule has 2 heteroatoms. The van der Waals surface area contributed by atoms with Gasteiger partial charge in [-0.15, -0.1) is 11.8 Å². The highest BCUT2D eigenvalue weighted by Crippen LogP contribution is 2.53. The minimum absolute atomic E-state index is 0.126. The summed E-state index contributed by atoms with van der Waals surface area (Å²) in [6.45, 7) is 2.29. The van der Waals surface area contributed by atoms with E-state index in [4.69, 9.17) is 0 Å². The van der Waals surface area contributed by atoms with Crippen LogP contribution in [0.3, 0.4) is 0 Å². The van der Waals surface area contributed by atoms with Crippen molar-refractivity contribution in [2.24, 2.45) is 11.8 Å². The van der Waals surface area contributed by atoms with E-state index in [-0.39, 0.29) is 4.75 Å². The van der Waals surface area contributed by atoms with E-state index in [1.807, 2.05) is 17.8 Å². The number of hydrogen-bond acceptors (Lipinski definition) is 2. The smallest absolute Gasteiger partial charge is 0.137 e. The number of benzene rings is 1. The number of ketones is 1. The molecular formula is C16H20OS. The van der Waals surface area contributed by atoms with Crippen LogP contribution in [0.4, 0.5) is 0 Å². The molecule has 0 amide bonds. The van der Waals surface area contributed by atoms with E-state index in [0.29, 0.717) is 11.7 Å². The second-order valence-corrected chi connectivity index (χ2v) is 7.53. The summed E-state index contributed by atoms with van der Waals surface area (Å²) < 4.78 is 0.126. The van der Waals surface area contributed by atoms with Crippen molar-refractivity contribution in [3.05, 3.63) is 30.3 Å². The van der Waals surface area contributed by atoms with Crippen LogP contribution in [0.25, 0.3) is 0 Å². The van der Waals surface area contributed by atoms with Gasteiger partial charge < -0.3 is 0 Å². The maximum Gasteiger partial charge on any atom is 0.137 e. The SMILES string of the molecule is C[C@@](CC(=O)C1CC1)(Sc1ccccc1)C1CC1. The quantitative estimate of drug-likeness (QED) is 0.709. The lowest BCUT2D eigenvalue weighted by molar-refractivity contribution is -0.120. The molecule has 0 unspecified atom stereocenters. The third kappa shape index (κ3) is 2.80. The third-order valence-corrected chi connectivity index (χ3v) is 5.54.